The molecule has 69 heavy (non-hydrogen) atoms. The van der Waals surface area contributed by atoms with Crippen molar-refractivity contribution in [2.45, 2.75) is 267 Å². The number of carbonyl (C=O) groups excluding carboxylic acids is 2. The molecule has 3 aliphatic heterocycles. The van der Waals surface area contributed by atoms with Gasteiger partial charge < -0.3 is 83.9 Å². The molecule has 3 saturated heterocycles. The van der Waals surface area contributed by atoms with Crippen molar-refractivity contribution in [1.82, 2.24) is 0 Å². The Balaban J connectivity index is 1.59. The highest BCUT2D eigenvalue weighted by molar-refractivity contribution is 5.71. The number of rotatable bonds is 35. The Morgan fingerprint density at radius 3 is 1.75 bits per heavy atom. The molecule has 16 atom stereocenters. The number of esters is 2. The van der Waals surface area contributed by atoms with Gasteiger partial charge in [-0.25, -0.2) is 4.79 Å². The van der Waals surface area contributed by atoms with E-state index in [0.717, 1.165) is 103 Å². The molecule has 0 aromatic heterocycles. The Bertz CT molecular complexity index is 1410. The third kappa shape index (κ3) is 22.7. The summed E-state index contributed by atoms with van der Waals surface area (Å²) in [5.41, 5.74) is 0. The monoisotopic (exact) mass is 997 g/mol. The molecule has 3 rings (SSSR count). The van der Waals surface area contributed by atoms with Crippen LogP contribution in [0.15, 0.2) is 0 Å². The fourth-order valence-electron chi connectivity index (χ4n) is 8.83. The molecule has 0 aromatic carbocycles. The summed E-state index contributed by atoms with van der Waals surface area (Å²) in [5, 5.41) is 95.0. The Labute approximate surface area is 408 Å². The van der Waals surface area contributed by atoms with Crippen LogP contribution in [0.2, 0.25) is 0 Å². The third-order valence-electron chi connectivity index (χ3n) is 13.0. The molecule has 404 valence electrons. The highest BCUT2D eigenvalue weighted by atomic mass is 16.8. The van der Waals surface area contributed by atoms with Gasteiger partial charge in [-0.3, -0.25) is 9.59 Å². The summed E-state index contributed by atoms with van der Waals surface area (Å²) >= 11 is 0. The Morgan fingerprint density at radius 2 is 1.14 bits per heavy atom. The van der Waals surface area contributed by atoms with E-state index < -0.39 is 123 Å². The van der Waals surface area contributed by atoms with Crippen molar-refractivity contribution >= 4 is 17.9 Å². The van der Waals surface area contributed by atoms with Crippen molar-refractivity contribution in [3.05, 3.63) is 0 Å². The number of hydrogen-bond donors (Lipinski definition) is 9. The Morgan fingerprint density at radius 1 is 0.609 bits per heavy atom. The molecule has 9 N–H and O–H groups in total. The van der Waals surface area contributed by atoms with E-state index in [2.05, 4.69) is 6.92 Å². The van der Waals surface area contributed by atoms with Gasteiger partial charge >= 0.3 is 17.9 Å². The van der Waals surface area contributed by atoms with Crippen LogP contribution in [0.4, 0.5) is 0 Å². The van der Waals surface area contributed by atoms with Crippen LogP contribution < -0.4 is 0 Å². The highest BCUT2D eigenvalue weighted by Crippen LogP contribution is 2.33. The lowest BCUT2D eigenvalue weighted by molar-refractivity contribution is -0.380. The summed E-state index contributed by atoms with van der Waals surface area (Å²) in [6.45, 7) is 5.68. The number of aliphatic hydroxyl groups is 8. The van der Waals surface area contributed by atoms with Gasteiger partial charge in [-0.05, 0) is 44.4 Å². The molecular weight excluding hydrogens is 909 g/mol. The second-order valence-corrected chi connectivity index (χ2v) is 19.6. The van der Waals surface area contributed by atoms with E-state index in [4.69, 9.17) is 43.0 Å². The molecule has 3 heterocycles. The predicted octanol–water partition coefficient (Wildman–Crippen LogP) is 3.28. The van der Waals surface area contributed by atoms with Gasteiger partial charge in [0.25, 0.3) is 0 Å². The van der Waals surface area contributed by atoms with E-state index >= 15 is 0 Å². The van der Waals surface area contributed by atoms with Crippen LogP contribution >= 0.6 is 0 Å². The highest BCUT2D eigenvalue weighted by Gasteiger charge is 2.52. The number of carboxylic acids is 1. The number of carboxylic acid groups (broad SMARTS) is 1. The molecule has 3 aliphatic rings. The van der Waals surface area contributed by atoms with Gasteiger partial charge in [0.2, 0.25) is 0 Å². The van der Waals surface area contributed by atoms with Crippen LogP contribution in [-0.4, -0.2) is 182 Å². The van der Waals surface area contributed by atoms with Gasteiger partial charge in [-0.2, -0.15) is 0 Å². The summed E-state index contributed by atoms with van der Waals surface area (Å²) in [6.07, 6.45) is -3.86. The SMILES string of the molecule is CCCCCC[C@@H](CCC[C@@H](O)CCCCCCCCCCCCC[C@H](O)C(=O)O)O[C@H]1OC[C@H](O)[C@@H](O)[C@@H]1O[C@H]1OC[C@H](OC(C)=O)[C@@H](O)[C@@H]1O[C@H]1O[C@@H](COC(=O)CC(C)C)[C@H](O)[C@@H](O)[C@@H]1O. The first-order valence-corrected chi connectivity index (χ1v) is 25.8. The zero-order valence-electron chi connectivity index (χ0n) is 41.5. The largest absolute Gasteiger partial charge is 0.479 e. The van der Waals surface area contributed by atoms with Gasteiger partial charge in [0.05, 0.1) is 25.4 Å². The molecule has 20 heteroatoms. The molecule has 0 radical (unpaired) electrons. The van der Waals surface area contributed by atoms with Gasteiger partial charge in [-0.15, -0.1) is 0 Å². The van der Waals surface area contributed by atoms with Gasteiger partial charge in [-0.1, -0.05) is 117 Å². The van der Waals surface area contributed by atoms with Crippen LogP contribution in [0.5, 0.6) is 0 Å². The lowest BCUT2D eigenvalue weighted by Gasteiger charge is -2.46. The van der Waals surface area contributed by atoms with E-state index in [0.29, 0.717) is 38.5 Å². The average molecular weight is 997 g/mol. The van der Waals surface area contributed by atoms with Crippen LogP contribution in [0.1, 0.15) is 169 Å². The van der Waals surface area contributed by atoms with E-state index in [1.165, 1.54) is 0 Å². The van der Waals surface area contributed by atoms with Gasteiger partial charge in [0.1, 0.15) is 61.5 Å². The molecule has 3 fully saturated rings. The van der Waals surface area contributed by atoms with E-state index in [9.17, 15) is 55.2 Å². The van der Waals surface area contributed by atoms with E-state index in [1.807, 2.05) is 13.8 Å². The molecule has 0 saturated carbocycles. The lowest BCUT2D eigenvalue weighted by Crippen LogP contribution is -2.65. The molecular formula is C49H88O20. The van der Waals surface area contributed by atoms with Crippen LogP contribution in [0, 0.1) is 5.92 Å². The normalized spacial score (nSPS) is 31.0. The van der Waals surface area contributed by atoms with Crippen LogP contribution in [0.25, 0.3) is 0 Å². The van der Waals surface area contributed by atoms with Crippen LogP contribution in [0.3, 0.4) is 0 Å². The Kier molecular flexibility index (Phi) is 29.7. The van der Waals surface area contributed by atoms with Crippen molar-refractivity contribution in [3.8, 4) is 0 Å². The summed E-state index contributed by atoms with van der Waals surface area (Å²) in [7, 11) is 0. The summed E-state index contributed by atoms with van der Waals surface area (Å²) in [6, 6.07) is 0. The number of hydrogen-bond acceptors (Lipinski definition) is 19. The molecule has 0 spiro atoms. The minimum atomic E-state index is -1.90. The van der Waals surface area contributed by atoms with Crippen molar-refractivity contribution in [1.29, 1.82) is 0 Å². The van der Waals surface area contributed by atoms with E-state index in [-0.39, 0.29) is 25.0 Å². The van der Waals surface area contributed by atoms with Crippen molar-refractivity contribution in [3.63, 3.8) is 0 Å². The fourth-order valence-corrected chi connectivity index (χ4v) is 8.83. The third-order valence-corrected chi connectivity index (χ3v) is 13.0. The summed E-state index contributed by atoms with van der Waals surface area (Å²) in [5.74, 6) is -2.51. The molecule has 0 unspecified atom stereocenters. The first-order valence-electron chi connectivity index (χ1n) is 25.8. The zero-order valence-corrected chi connectivity index (χ0v) is 41.5. The minimum absolute atomic E-state index is 0.0192. The molecule has 0 aliphatic carbocycles. The first kappa shape index (κ1) is 61.2. The Hall–Kier alpha value is -2.15. The fraction of sp³-hybridized carbons (Fsp3) is 0.939. The molecule has 0 amide bonds. The molecule has 20 nitrogen and oxygen atoms in total. The topological polar surface area (TPSA) is 307 Å². The van der Waals surface area contributed by atoms with Crippen molar-refractivity contribution < 1.29 is 98.2 Å². The maximum Gasteiger partial charge on any atom is 0.332 e. The first-order chi connectivity index (χ1) is 32.9. The zero-order chi connectivity index (χ0) is 50.9. The van der Waals surface area contributed by atoms with Crippen molar-refractivity contribution in [2.75, 3.05) is 19.8 Å². The summed E-state index contributed by atoms with van der Waals surface area (Å²) in [4.78, 5) is 35.0. The second-order valence-electron chi connectivity index (χ2n) is 19.6. The number of aliphatic hydroxyl groups excluding tert-OH is 8. The average Bonchev–Trinajstić information content (AvgIpc) is 3.29. The van der Waals surface area contributed by atoms with Gasteiger partial charge in [0.15, 0.2) is 31.1 Å². The lowest BCUT2D eigenvalue weighted by atomic mass is 9.98. The smallest absolute Gasteiger partial charge is 0.332 e. The number of carbonyl (C=O) groups is 3. The van der Waals surface area contributed by atoms with Crippen molar-refractivity contribution in [2.24, 2.45) is 5.92 Å². The van der Waals surface area contributed by atoms with Gasteiger partial charge in [0, 0.05) is 13.3 Å². The minimum Gasteiger partial charge on any atom is -0.479 e. The standard InChI is InChI=1S/C49H88O20/c1-5-6-7-18-23-33(24-20-22-32(51)21-17-15-13-11-9-8-10-12-14-16-19-25-34(52)46(60)61)66-48-44(39(55)35(53)27-63-48)69-49-45(41(57)37(29-64-49)65-31(4)50)68-47-43(59)42(58)40(56)36(67-47)28-62-38(54)26-30(2)3/h30,32-37,39-45,47-49,51-53,55-59H,5-29H2,1-4H3,(H,60,61)/t32-,33-,34-,35-,36-,37-,39+,40-,41+,42+,43-,44-,45-,47+,48+,49+/m0/s1. The molecule has 0 aromatic rings. The molecule has 0 bridgehead atoms. The number of aliphatic carboxylic acids is 1. The van der Waals surface area contributed by atoms with E-state index in [1.54, 1.807) is 0 Å². The second kappa shape index (κ2) is 33.6. The van der Waals surface area contributed by atoms with Crippen LogP contribution in [-0.2, 0) is 52.3 Å². The quantitative estimate of drug-likeness (QED) is 0.0325. The summed E-state index contributed by atoms with van der Waals surface area (Å²) < 4.78 is 46.9. The maximum absolute atomic E-state index is 12.3. The number of unbranched alkanes of at least 4 members (excludes halogenated alkanes) is 13. The number of ether oxygens (including phenoxy) is 8. The predicted molar refractivity (Wildman–Crippen MR) is 247 cm³/mol. The maximum atomic E-state index is 12.3.